The van der Waals surface area contributed by atoms with Gasteiger partial charge in [-0.15, -0.1) is 0 Å². The average molecular weight is 411 g/mol. The summed E-state index contributed by atoms with van der Waals surface area (Å²) in [7, 11) is 0. The predicted octanol–water partition coefficient (Wildman–Crippen LogP) is 3.71. The van der Waals surface area contributed by atoms with Crippen molar-refractivity contribution in [2.45, 2.75) is 64.7 Å². The fourth-order valence-corrected chi connectivity index (χ4v) is 3.78. The van der Waals surface area contributed by atoms with Crippen molar-refractivity contribution in [3.63, 3.8) is 0 Å². The number of rotatable bonds is 10. The van der Waals surface area contributed by atoms with E-state index in [1.807, 2.05) is 0 Å². The van der Waals surface area contributed by atoms with E-state index in [1.54, 1.807) is 6.92 Å². The van der Waals surface area contributed by atoms with Crippen molar-refractivity contribution in [2.24, 2.45) is 5.92 Å². The van der Waals surface area contributed by atoms with Crippen molar-refractivity contribution in [3.05, 3.63) is 47.2 Å². The van der Waals surface area contributed by atoms with E-state index in [1.165, 1.54) is 18.0 Å². The van der Waals surface area contributed by atoms with Crippen molar-refractivity contribution in [2.75, 3.05) is 11.9 Å². The molecule has 0 saturated carbocycles. The largest absolute Gasteiger partial charge is 0.481 e. The highest BCUT2D eigenvalue weighted by molar-refractivity contribution is 5.80. The Kier molecular flexibility index (Phi) is 7.49. The van der Waals surface area contributed by atoms with Crippen LogP contribution in [0.3, 0.4) is 0 Å². The number of carboxylic acids is 1. The van der Waals surface area contributed by atoms with E-state index in [0.29, 0.717) is 23.7 Å². The molecule has 0 bridgehead atoms. The fourth-order valence-electron chi connectivity index (χ4n) is 3.78. The molecule has 2 atom stereocenters. The van der Waals surface area contributed by atoms with Gasteiger partial charge in [0, 0.05) is 43.0 Å². The second-order valence-electron chi connectivity index (χ2n) is 8.24. The van der Waals surface area contributed by atoms with Crippen LogP contribution in [0.4, 0.5) is 5.82 Å². The summed E-state index contributed by atoms with van der Waals surface area (Å²) in [5.41, 5.74) is 2.87. The molecule has 1 aliphatic rings. The lowest BCUT2D eigenvalue weighted by molar-refractivity contribution is -0.139. The van der Waals surface area contributed by atoms with Crippen molar-refractivity contribution in [1.82, 2.24) is 15.0 Å². The number of anilines is 1. The Morgan fingerprint density at radius 3 is 2.70 bits per heavy atom. The SMILES string of the molecule is Cc1ncc([C@@H](CCC(=O)CCCCc2ccc3c(n2)NCC(C)C3)C(=O)O)cn1. The first-order chi connectivity index (χ1) is 14.4. The zero-order valence-corrected chi connectivity index (χ0v) is 17.7. The minimum atomic E-state index is -0.947. The number of carbonyl (C=O) groups is 2. The normalized spacial score (nSPS) is 16.4. The predicted molar refractivity (Wildman–Crippen MR) is 115 cm³/mol. The topological polar surface area (TPSA) is 105 Å². The number of nitrogens with one attached hydrogen (secondary N) is 1. The number of Topliss-reactive ketones (excluding diaryl/α,β-unsaturated/α-hetero) is 1. The number of carboxylic acid groups (broad SMARTS) is 1. The monoisotopic (exact) mass is 410 g/mol. The molecule has 0 aromatic carbocycles. The van der Waals surface area contributed by atoms with Crippen LogP contribution >= 0.6 is 0 Å². The summed E-state index contributed by atoms with van der Waals surface area (Å²) in [5, 5.41) is 12.9. The van der Waals surface area contributed by atoms with Gasteiger partial charge >= 0.3 is 5.97 Å². The van der Waals surface area contributed by atoms with Crippen LogP contribution in [-0.2, 0) is 22.4 Å². The van der Waals surface area contributed by atoms with E-state index in [-0.39, 0.29) is 18.6 Å². The molecule has 0 amide bonds. The highest BCUT2D eigenvalue weighted by Crippen LogP contribution is 2.24. The number of aliphatic carboxylic acids is 1. The van der Waals surface area contributed by atoms with Gasteiger partial charge in [0.15, 0.2) is 0 Å². The van der Waals surface area contributed by atoms with Crippen LogP contribution in [0.25, 0.3) is 0 Å². The number of fused-ring (bicyclic) bond motifs is 1. The number of hydrogen-bond donors (Lipinski definition) is 2. The average Bonchev–Trinajstić information content (AvgIpc) is 2.72. The first-order valence-corrected chi connectivity index (χ1v) is 10.7. The van der Waals surface area contributed by atoms with Gasteiger partial charge < -0.3 is 10.4 Å². The molecule has 3 heterocycles. The number of aromatic nitrogens is 3. The molecule has 7 nitrogen and oxygen atoms in total. The maximum Gasteiger partial charge on any atom is 0.311 e. The summed E-state index contributed by atoms with van der Waals surface area (Å²) in [6.07, 6.45) is 7.65. The minimum Gasteiger partial charge on any atom is -0.481 e. The number of pyridine rings is 1. The van der Waals surface area contributed by atoms with Gasteiger partial charge in [-0.3, -0.25) is 9.59 Å². The zero-order chi connectivity index (χ0) is 21.5. The van der Waals surface area contributed by atoms with Crippen LogP contribution < -0.4 is 5.32 Å². The molecule has 1 aliphatic heterocycles. The number of carbonyl (C=O) groups excluding carboxylic acids is 1. The van der Waals surface area contributed by atoms with Gasteiger partial charge in [-0.1, -0.05) is 13.0 Å². The standard InChI is InChI=1S/C23H30N4O3/c1-15-11-17-7-8-19(27-22(17)26-12-15)5-3-4-6-20(28)9-10-21(23(29)30)18-13-24-16(2)25-14-18/h7-8,13-15,21H,3-6,9-12H2,1-2H3,(H,26,27)(H,29,30)/t15?,21-/m1/s1. The lowest BCUT2D eigenvalue weighted by Gasteiger charge is -2.22. The van der Waals surface area contributed by atoms with E-state index in [2.05, 4.69) is 34.3 Å². The van der Waals surface area contributed by atoms with Gasteiger partial charge in [0.05, 0.1) is 5.92 Å². The molecule has 0 spiro atoms. The van der Waals surface area contributed by atoms with Gasteiger partial charge in [0.25, 0.3) is 0 Å². The molecule has 3 rings (SSSR count). The Labute approximate surface area is 177 Å². The summed E-state index contributed by atoms with van der Waals surface area (Å²) in [6.45, 7) is 4.94. The minimum absolute atomic E-state index is 0.100. The Morgan fingerprint density at radius 2 is 1.97 bits per heavy atom. The van der Waals surface area contributed by atoms with Crippen LogP contribution in [-0.4, -0.2) is 38.4 Å². The van der Waals surface area contributed by atoms with Crippen molar-refractivity contribution in [3.8, 4) is 0 Å². The maximum absolute atomic E-state index is 12.2. The summed E-state index contributed by atoms with van der Waals surface area (Å²) < 4.78 is 0. The third kappa shape index (κ3) is 6.08. The second kappa shape index (κ2) is 10.3. The van der Waals surface area contributed by atoms with Crippen molar-refractivity contribution < 1.29 is 14.7 Å². The van der Waals surface area contributed by atoms with E-state index in [0.717, 1.165) is 43.7 Å². The molecule has 2 aromatic heterocycles. The first kappa shape index (κ1) is 21.9. The number of hydrogen-bond acceptors (Lipinski definition) is 6. The van der Waals surface area contributed by atoms with Crippen LogP contribution in [0.1, 0.15) is 67.6 Å². The fraction of sp³-hybridized carbons (Fsp3) is 0.522. The highest BCUT2D eigenvalue weighted by atomic mass is 16.4. The van der Waals surface area contributed by atoms with E-state index in [4.69, 9.17) is 4.98 Å². The molecule has 2 aromatic rings. The third-order valence-electron chi connectivity index (χ3n) is 5.57. The maximum atomic E-state index is 12.2. The molecule has 0 saturated heterocycles. The van der Waals surface area contributed by atoms with E-state index in [9.17, 15) is 14.7 Å². The van der Waals surface area contributed by atoms with Crippen LogP contribution in [0, 0.1) is 12.8 Å². The lowest BCUT2D eigenvalue weighted by atomic mass is 9.94. The third-order valence-corrected chi connectivity index (χ3v) is 5.57. The molecular weight excluding hydrogens is 380 g/mol. The Morgan fingerprint density at radius 1 is 1.20 bits per heavy atom. The summed E-state index contributed by atoms with van der Waals surface area (Å²) in [6, 6.07) is 4.24. The number of nitrogens with zero attached hydrogens (tertiary/aromatic N) is 3. The molecule has 0 aliphatic carbocycles. The molecular formula is C23H30N4O3. The quantitative estimate of drug-likeness (QED) is 0.575. The Bertz CT molecular complexity index is 883. The Balaban J connectivity index is 1.40. The van der Waals surface area contributed by atoms with Crippen LogP contribution in [0.15, 0.2) is 24.5 Å². The second-order valence-corrected chi connectivity index (χ2v) is 8.24. The molecule has 0 fully saturated rings. The molecule has 1 unspecified atom stereocenters. The smallest absolute Gasteiger partial charge is 0.311 e. The summed E-state index contributed by atoms with van der Waals surface area (Å²) in [5.74, 6) is 0.638. The van der Waals surface area contributed by atoms with Gasteiger partial charge in [0.2, 0.25) is 0 Å². The zero-order valence-electron chi connectivity index (χ0n) is 17.7. The number of unbranched alkanes of at least 4 members (excludes halogenated alkanes) is 1. The lowest BCUT2D eigenvalue weighted by Crippen LogP contribution is -2.21. The van der Waals surface area contributed by atoms with E-state index >= 15 is 0 Å². The van der Waals surface area contributed by atoms with Gasteiger partial charge in [-0.25, -0.2) is 15.0 Å². The van der Waals surface area contributed by atoms with Crippen LogP contribution in [0.2, 0.25) is 0 Å². The Hall–Kier alpha value is -2.83. The van der Waals surface area contributed by atoms with Crippen LogP contribution in [0.5, 0.6) is 0 Å². The van der Waals surface area contributed by atoms with E-state index < -0.39 is 11.9 Å². The first-order valence-electron chi connectivity index (χ1n) is 10.7. The van der Waals surface area contributed by atoms with Gasteiger partial charge in [-0.05, 0) is 56.6 Å². The summed E-state index contributed by atoms with van der Waals surface area (Å²) in [4.78, 5) is 36.6. The van der Waals surface area contributed by atoms with Gasteiger partial charge in [0.1, 0.15) is 17.4 Å². The molecule has 0 radical (unpaired) electrons. The molecule has 2 N–H and O–H groups in total. The van der Waals surface area contributed by atoms with Gasteiger partial charge in [-0.2, -0.15) is 0 Å². The number of aryl methyl sites for hydroxylation is 2. The molecule has 7 heteroatoms. The van der Waals surface area contributed by atoms with Crippen molar-refractivity contribution in [1.29, 1.82) is 0 Å². The number of ketones is 1. The molecule has 160 valence electrons. The molecule has 30 heavy (non-hydrogen) atoms. The van der Waals surface area contributed by atoms with Crippen molar-refractivity contribution >= 4 is 17.6 Å². The highest BCUT2D eigenvalue weighted by Gasteiger charge is 2.21. The summed E-state index contributed by atoms with van der Waals surface area (Å²) >= 11 is 0.